The van der Waals surface area contributed by atoms with Gasteiger partial charge in [0.05, 0.1) is 10.6 Å². The number of carbonyl (C=O) groups is 2. The average Bonchev–Trinajstić information content (AvgIpc) is 3.02. The van der Waals surface area contributed by atoms with Crippen molar-refractivity contribution in [3.8, 4) is 0 Å². The van der Waals surface area contributed by atoms with E-state index in [1.165, 1.54) is 24.3 Å². The summed E-state index contributed by atoms with van der Waals surface area (Å²) < 4.78 is 27.8. The largest absolute Gasteiger partial charge is 0.372 e. The Morgan fingerprint density at radius 2 is 1.43 bits per heavy atom. The molecule has 2 aromatic carbocycles. The first-order valence-corrected chi connectivity index (χ1v) is 10.7. The third-order valence-electron chi connectivity index (χ3n) is 4.70. The molecule has 0 radical (unpaired) electrons. The second-order valence-electron chi connectivity index (χ2n) is 6.44. The van der Waals surface area contributed by atoms with Gasteiger partial charge < -0.3 is 4.90 Å². The van der Waals surface area contributed by atoms with Crippen LogP contribution in [-0.4, -0.2) is 33.3 Å². The predicted molar refractivity (Wildman–Crippen MR) is 109 cm³/mol. The van der Waals surface area contributed by atoms with Gasteiger partial charge in [-0.3, -0.25) is 19.2 Å². The number of amides is 2. The van der Waals surface area contributed by atoms with Gasteiger partial charge in [-0.05, 0) is 62.4 Å². The quantitative estimate of drug-likeness (QED) is 0.721. The Balaban J connectivity index is 1.76. The van der Waals surface area contributed by atoms with Gasteiger partial charge in [-0.1, -0.05) is 0 Å². The van der Waals surface area contributed by atoms with Crippen LogP contribution in [0, 0.1) is 0 Å². The van der Waals surface area contributed by atoms with Crippen molar-refractivity contribution in [1.29, 1.82) is 0 Å². The highest BCUT2D eigenvalue weighted by atomic mass is 32.2. The zero-order valence-electron chi connectivity index (χ0n) is 15.9. The van der Waals surface area contributed by atoms with Crippen LogP contribution >= 0.6 is 0 Å². The fourth-order valence-corrected chi connectivity index (χ4v) is 4.24. The first-order valence-electron chi connectivity index (χ1n) is 9.19. The second kappa shape index (κ2) is 8.02. The van der Waals surface area contributed by atoms with Gasteiger partial charge >= 0.3 is 0 Å². The fraction of sp³-hybridized carbons (Fsp3) is 0.300. The van der Waals surface area contributed by atoms with Crippen LogP contribution in [0.25, 0.3) is 0 Å². The standard InChI is InChI=1S/C20H23N3O4S/c1-3-22(4-2)16-7-5-15(6-8-16)21-28(26,27)18-11-9-17(10-12-18)23-19(24)13-14-20(23)25/h5-12,21H,3-4,13-14H2,1-2H3. The van der Waals surface area contributed by atoms with E-state index in [0.717, 1.165) is 23.7 Å². The highest BCUT2D eigenvalue weighted by Gasteiger charge is 2.30. The molecule has 148 valence electrons. The van der Waals surface area contributed by atoms with Crippen LogP contribution in [0.1, 0.15) is 26.7 Å². The lowest BCUT2D eigenvalue weighted by molar-refractivity contribution is -0.121. The summed E-state index contributed by atoms with van der Waals surface area (Å²) in [5.41, 5.74) is 1.87. The molecule has 0 spiro atoms. The Kier molecular flexibility index (Phi) is 5.69. The molecule has 1 heterocycles. The van der Waals surface area contributed by atoms with Crippen molar-refractivity contribution >= 4 is 38.9 Å². The number of rotatable bonds is 7. The van der Waals surface area contributed by atoms with Gasteiger partial charge in [-0.25, -0.2) is 8.42 Å². The predicted octanol–water partition coefficient (Wildman–Crippen LogP) is 2.99. The van der Waals surface area contributed by atoms with Crippen LogP contribution < -0.4 is 14.5 Å². The lowest BCUT2D eigenvalue weighted by Gasteiger charge is -2.21. The lowest BCUT2D eigenvalue weighted by Crippen LogP contribution is -2.28. The van der Waals surface area contributed by atoms with Gasteiger partial charge in [0.1, 0.15) is 0 Å². The van der Waals surface area contributed by atoms with Crippen LogP contribution in [0.15, 0.2) is 53.4 Å². The van der Waals surface area contributed by atoms with E-state index in [1.54, 1.807) is 12.1 Å². The maximum atomic E-state index is 12.6. The van der Waals surface area contributed by atoms with Gasteiger partial charge in [0.2, 0.25) is 11.8 Å². The fourth-order valence-electron chi connectivity index (χ4n) is 3.18. The molecule has 0 unspecified atom stereocenters. The van der Waals surface area contributed by atoms with E-state index in [0.29, 0.717) is 11.4 Å². The van der Waals surface area contributed by atoms with E-state index in [2.05, 4.69) is 23.5 Å². The van der Waals surface area contributed by atoms with Crippen LogP contribution in [0.2, 0.25) is 0 Å². The number of benzene rings is 2. The van der Waals surface area contributed by atoms with Gasteiger partial charge in [0.15, 0.2) is 0 Å². The molecule has 0 bridgehead atoms. The SMILES string of the molecule is CCN(CC)c1ccc(NS(=O)(=O)c2ccc(N3C(=O)CCC3=O)cc2)cc1. The molecule has 1 fully saturated rings. The molecule has 1 aliphatic rings. The summed E-state index contributed by atoms with van der Waals surface area (Å²) in [6.45, 7) is 5.87. The smallest absolute Gasteiger partial charge is 0.261 e. The molecule has 2 amide bonds. The van der Waals surface area contributed by atoms with Crippen LogP contribution in [0.3, 0.4) is 0 Å². The molecule has 2 aromatic rings. The van der Waals surface area contributed by atoms with Crippen molar-refractivity contribution in [3.63, 3.8) is 0 Å². The number of sulfonamides is 1. The van der Waals surface area contributed by atoms with E-state index in [4.69, 9.17) is 0 Å². The van der Waals surface area contributed by atoms with Gasteiger partial charge in [-0.15, -0.1) is 0 Å². The van der Waals surface area contributed by atoms with Crippen LogP contribution in [0.5, 0.6) is 0 Å². The summed E-state index contributed by atoms with van der Waals surface area (Å²) in [6, 6.07) is 12.9. The van der Waals surface area contributed by atoms with Crippen LogP contribution in [-0.2, 0) is 19.6 Å². The Morgan fingerprint density at radius 3 is 1.93 bits per heavy atom. The third kappa shape index (κ3) is 4.01. The average molecular weight is 401 g/mol. The number of nitrogens with zero attached hydrogens (tertiary/aromatic N) is 2. The molecule has 0 aromatic heterocycles. The molecule has 1 saturated heterocycles. The Hall–Kier alpha value is -2.87. The lowest BCUT2D eigenvalue weighted by atomic mass is 10.2. The van der Waals surface area contributed by atoms with Crippen molar-refractivity contribution in [3.05, 3.63) is 48.5 Å². The minimum Gasteiger partial charge on any atom is -0.372 e. The number of hydrogen-bond donors (Lipinski definition) is 1. The van der Waals surface area contributed by atoms with Gasteiger partial charge in [0.25, 0.3) is 10.0 Å². The van der Waals surface area contributed by atoms with Crippen LogP contribution in [0.4, 0.5) is 17.1 Å². The third-order valence-corrected chi connectivity index (χ3v) is 6.10. The first kappa shape index (κ1) is 19.9. The normalized spacial score (nSPS) is 14.4. The molecule has 8 heteroatoms. The number of hydrogen-bond acceptors (Lipinski definition) is 5. The minimum atomic E-state index is -3.78. The summed E-state index contributed by atoms with van der Waals surface area (Å²) in [4.78, 5) is 26.9. The molecule has 0 atom stereocenters. The second-order valence-corrected chi connectivity index (χ2v) is 8.12. The van der Waals surface area contributed by atoms with E-state index in [1.807, 2.05) is 12.1 Å². The number of imide groups is 1. The minimum absolute atomic E-state index is 0.0585. The molecule has 0 saturated carbocycles. The van der Waals surface area contributed by atoms with E-state index >= 15 is 0 Å². The zero-order valence-corrected chi connectivity index (χ0v) is 16.7. The zero-order chi connectivity index (χ0) is 20.3. The molecule has 0 aliphatic carbocycles. The Morgan fingerprint density at radius 1 is 0.893 bits per heavy atom. The summed E-state index contributed by atoms with van der Waals surface area (Å²) in [5.74, 6) is -0.543. The Labute approximate surface area is 165 Å². The number of carbonyl (C=O) groups excluding carboxylic acids is 2. The molecule has 3 rings (SSSR count). The molecule has 1 aliphatic heterocycles. The van der Waals surface area contributed by atoms with Gasteiger partial charge in [-0.2, -0.15) is 0 Å². The van der Waals surface area contributed by atoms with Crippen molar-refractivity contribution in [2.24, 2.45) is 0 Å². The van der Waals surface area contributed by atoms with E-state index in [9.17, 15) is 18.0 Å². The molecular formula is C20H23N3O4S. The molecular weight excluding hydrogens is 378 g/mol. The van der Waals surface area contributed by atoms with E-state index < -0.39 is 10.0 Å². The summed E-state index contributed by atoms with van der Waals surface area (Å²) in [7, 11) is -3.78. The topological polar surface area (TPSA) is 86.8 Å². The van der Waals surface area contributed by atoms with Gasteiger partial charge in [0, 0.05) is 37.3 Å². The first-order chi connectivity index (χ1) is 13.4. The summed E-state index contributed by atoms with van der Waals surface area (Å²) >= 11 is 0. The summed E-state index contributed by atoms with van der Waals surface area (Å²) in [5, 5.41) is 0. The summed E-state index contributed by atoms with van der Waals surface area (Å²) in [6.07, 6.45) is 0.369. The van der Waals surface area contributed by atoms with Crippen molar-refractivity contribution in [2.75, 3.05) is 27.6 Å². The maximum Gasteiger partial charge on any atom is 0.261 e. The monoisotopic (exact) mass is 401 g/mol. The maximum absolute atomic E-state index is 12.6. The van der Waals surface area contributed by atoms with Crippen molar-refractivity contribution in [1.82, 2.24) is 0 Å². The highest BCUT2D eigenvalue weighted by Crippen LogP contribution is 2.25. The molecule has 1 N–H and O–H groups in total. The number of nitrogens with one attached hydrogen (secondary N) is 1. The Bertz CT molecular complexity index is 950. The van der Waals surface area contributed by atoms with E-state index in [-0.39, 0.29) is 29.6 Å². The highest BCUT2D eigenvalue weighted by molar-refractivity contribution is 7.92. The van der Waals surface area contributed by atoms with Crippen molar-refractivity contribution < 1.29 is 18.0 Å². The van der Waals surface area contributed by atoms with Crippen molar-refractivity contribution in [2.45, 2.75) is 31.6 Å². The molecule has 28 heavy (non-hydrogen) atoms. The number of anilines is 3. The molecule has 7 nitrogen and oxygen atoms in total.